The van der Waals surface area contributed by atoms with E-state index in [2.05, 4.69) is 47.1 Å². The van der Waals surface area contributed by atoms with Gasteiger partial charge in [0.25, 0.3) is 5.91 Å². The lowest BCUT2D eigenvalue weighted by atomic mass is 9.86. The number of rotatable bonds is 6. The summed E-state index contributed by atoms with van der Waals surface area (Å²) in [4.78, 5) is 24.6. The number of esters is 1. The first-order valence-corrected chi connectivity index (χ1v) is 11.7. The van der Waals surface area contributed by atoms with Gasteiger partial charge < -0.3 is 10.1 Å². The van der Waals surface area contributed by atoms with E-state index in [0.717, 1.165) is 43.2 Å². The van der Waals surface area contributed by atoms with Crippen molar-refractivity contribution in [3.63, 3.8) is 0 Å². The molecular weight excluding hydrogens is 406 g/mol. The second-order valence-corrected chi connectivity index (χ2v) is 8.84. The Hall–Kier alpha value is -2.92. The van der Waals surface area contributed by atoms with Gasteiger partial charge in [-0.25, -0.2) is 0 Å². The van der Waals surface area contributed by atoms with Crippen molar-refractivity contribution in [1.29, 1.82) is 0 Å². The molecule has 3 aromatic rings. The summed E-state index contributed by atoms with van der Waals surface area (Å²) < 4.78 is 4.84. The second-order valence-electron chi connectivity index (χ2n) is 8.10. The second kappa shape index (κ2) is 9.92. The topological polar surface area (TPSA) is 55.4 Å². The Morgan fingerprint density at radius 1 is 0.935 bits per heavy atom. The van der Waals surface area contributed by atoms with Crippen LogP contribution in [0.25, 0.3) is 11.1 Å². The number of methoxy groups -OCH3 is 1. The van der Waals surface area contributed by atoms with Crippen molar-refractivity contribution in [2.45, 2.75) is 38.1 Å². The largest absolute Gasteiger partial charge is 0.469 e. The van der Waals surface area contributed by atoms with Gasteiger partial charge in [-0.05, 0) is 59.7 Å². The SMILES string of the molecule is COC(=O)C1CCC(NC(=O)c2cscc2Cc2ccc(-c3ccccc3)cc2)CC1. The Bertz CT molecular complexity index is 1020. The summed E-state index contributed by atoms with van der Waals surface area (Å²) in [7, 11) is 1.43. The zero-order valence-corrected chi connectivity index (χ0v) is 18.5. The summed E-state index contributed by atoms with van der Waals surface area (Å²) in [5, 5.41) is 7.17. The molecule has 0 spiro atoms. The van der Waals surface area contributed by atoms with Gasteiger partial charge in [0.2, 0.25) is 0 Å². The Morgan fingerprint density at radius 3 is 2.29 bits per heavy atom. The van der Waals surface area contributed by atoms with Crippen LogP contribution in [0.1, 0.15) is 47.2 Å². The number of thiophene rings is 1. The monoisotopic (exact) mass is 433 g/mol. The Kier molecular flexibility index (Phi) is 6.82. The number of carbonyl (C=O) groups excluding carboxylic acids is 2. The van der Waals surface area contributed by atoms with Gasteiger partial charge in [-0.2, -0.15) is 11.3 Å². The minimum Gasteiger partial charge on any atom is -0.469 e. The third-order valence-electron chi connectivity index (χ3n) is 6.04. The Labute approximate surface area is 187 Å². The highest BCUT2D eigenvalue weighted by Crippen LogP contribution is 2.27. The summed E-state index contributed by atoms with van der Waals surface area (Å²) >= 11 is 1.56. The van der Waals surface area contributed by atoms with E-state index in [0.29, 0.717) is 0 Å². The first-order valence-electron chi connectivity index (χ1n) is 10.7. The maximum Gasteiger partial charge on any atom is 0.308 e. The molecule has 0 unspecified atom stereocenters. The van der Waals surface area contributed by atoms with Crippen LogP contribution in [-0.2, 0) is 16.0 Å². The molecule has 0 saturated heterocycles. The van der Waals surface area contributed by atoms with Crippen molar-refractivity contribution in [1.82, 2.24) is 5.32 Å². The molecule has 1 N–H and O–H groups in total. The van der Waals surface area contributed by atoms with Gasteiger partial charge in [0, 0.05) is 11.4 Å². The van der Waals surface area contributed by atoms with Crippen LogP contribution in [0.4, 0.5) is 0 Å². The fraction of sp³-hybridized carbons (Fsp3) is 0.308. The molecule has 0 atom stereocenters. The summed E-state index contributed by atoms with van der Waals surface area (Å²) in [5.74, 6) is -0.185. The fourth-order valence-electron chi connectivity index (χ4n) is 4.23. The van der Waals surface area contributed by atoms with Crippen molar-refractivity contribution in [2.75, 3.05) is 7.11 Å². The predicted molar refractivity (Wildman–Crippen MR) is 124 cm³/mol. The van der Waals surface area contributed by atoms with E-state index < -0.39 is 0 Å². The van der Waals surface area contributed by atoms with Crippen molar-refractivity contribution in [3.8, 4) is 11.1 Å². The van der Waals surface area contributed by atoms with Gasteiger partial charge in [0.1, 0.15) is 0 Å². The van der Waals surface area contributed by atoms with Gasteiger partial charge >= 0.3 is 5.97 Å². The van der Waals surface area contributed by atoms with Crippen molar-refractivity contribution < 1.29 is 14.3 Å². The summed E-state index contributed by atoms with van der Waals surface area (Å²) in [6.07, 6.45) is 3.89. The van der Waals surface area contributed by atoms with Crippen LogP contribution < -0.4 is 5.32 Å². The van der Waals surface area contributed by atoms with Crippen LogP contribution in [0, 0.1) is 5.92 Å². The van der Waals surface area contributed by atoms with E-state index in [-0.39, 0.29) is 23.8 Å². The molecule has 0 bridgehead atoms. The van der Waals surface area contributed by atoms with Gasteiger partial charge in [-0.1, -0.05) is 54.6 Å². The minimum atomic E-state index is -0.136. The Morgan fingerprint density at radius 2 is 1.61 bits per heavy atom. The van der Waals surface area contributed by atoms with Crippen LogP contribution in [-0.4, -0.2) is 25.0 Å². The van der Waals surface area contributed by atoms with Crippen LogP contribution in [0.2, 0.25) is 0 Å². The van der Waals surface area contributed by atoms with Crippen molar-refractivity contribution in [2.24, 2.45) is 5.92 Å². The fourth-order valence-corrected chi connectivity index (χ4v) is 5.07. The number of hydrogen-bond donors (Lipinski definition) is 1. The number of nitrogens with one attached hydrogen (secondary N) is 1. The first-order chi connectivity index (χ1) is 15.1. The van der Waals surface area contributed by atoms with Crippen LogP contribution in [0.5, 0.6) is 0 Å². The summed E-state index contributed by atoms with van der Waals surface area (Å²) in [6, 6.07) is 19.0. The maximum absolute atomic E-state index is 12.9. The van der Waals surface area contributed by atoms with E-state index in [1.807, 2.05) is 23.6 Å². The molecule has 1 fully saturated rings. The third-order valence-corrected chi connectivity index (χ3v) is 6.83. The van der Waals surface area contributed by atoms with E-state index >= 15 is 0 Å². The quantitative estimate of drug-likeness (QED) is 0.525. The van der Waals surface area contributed by atoms with Crippen LogP contribution >= 0.6 is 11.3 Å². The molecule has 2 aromatic carbocycles. The van der Waals surface area contributed by atoms with Crippen LogP contribution in [0.15, 0.2) is 65.4 Å². The molecule has 5 heteroatoms. The minimum absolute atomic E-state index is 0.0151. The smallest absolute Gasteiger partial charge is 0.308 e. The first kappa shape index (κ1) is 21.3. The molecule has 31 heavy (non-hydrogen) atoms. The lowest BCUT2D eigenvalue weighted by Gasteiger charge is -2.27. The molecule has 0 aliphatic heterocycles. The van der Waals surface area contributed by atoms with Gasteiger partial charge in [-0.3, -0.25) is 9.59 Å². The van der Waals surface area contributed by atoms with Gasteiger partial charge in [0.15, 0.2) is 0 Å². The number of ether oxygens (including phenoxy) is 1. The molecule has 1 amide bonds. The molecule has 4 nitrogen and oxygen atoms in total. The zero-order valence-electron chi connectivity index (χ0n) is 17.7. The molecule has 1 aliphatic rings. The highest BCUT2D eigenvalue weighted by molar-refractivity contribution is 7.08. The van der Waals surface area contributed by atoms with E-state index in [9.17, 15) is 9.59 Å². The zero-order chi connectivity index (χ0) is 21.6. The normalized spacial score (nSPS) is 18.4. The summed E-state index contributed by atoms with van der Waals surface area (Å²) in [6.45, 7) is 0. The average Bonchev–Trinajstić information content (AvgIpc) is 3.28. The maximum atomic E-state index is 12.9. The van der Waals surface area contributed by atoms with E-state index in [1.54, 1.807) is 11.3 Å². The van der Waals surface area contributed by atoms with E-state index in [1.165, 1.54) is 23.8 Å². The number of carbonyl (C=O) groups is 2. The molecular formula is C26H27NO3S. The lowest BCUT2D eigenvalue weighted by Crippen LogP contribution is -2.39. The van der Waals surface area contributed by atoms with Gasteiger partial charge in [-0.15, -0.1) is 0 Å². The molecule has 1 saturated carbocycles. The molecule has 1 aliphatic carbocycles. The number of amides is 1. The van der Waals surface area contributed by atoms with Crippen molar-refractivity contribution >= 4 is 23.2 Å². The molecule has 0 radical (unpaired) electrons. The van der Waals surface area contributed by atoms with Crippen molar-refractivity contribution in [3.05, 3.63) is 82.0 Å². The highest BCUT2D eigenvalue weighted by Gasteiger charge is 2.28. The number of benzene rings is 2. The molecule has 1 heterocycles. The van der Waals surface area contributed by atoms with Crippen LogP contribution in [0.3, 0.4) is 0 Å². The van der Waals surface area contributed by atoms with E-state index in [4.69, 9.17) is 4.74 Å². The average molecular weight is 434 g/mol. The Balaban J connectivity index is 1.37. The van der Waals surface area contributed by atoms with Gasteiger partial charge in [0.05, 0.1) is 18.6 Å². The third kappa shape index (κ3) is 5.23. The lowest BCUT2D eigenvalue weighted by molar-refractivity contribution is -0.146. The summed E-state index contributed by atoms with van der Waals surface area (Å²) in [5.41, 5.74) is 5.39. The predicted octanol–water partition coefficient (Wildman–Crippen LogP) is 5.47. The molecule has 4 rings (SSSR count). The number of hydrogen-bond acceptors (Lipinski definition) is 4. The standard InChI is InChI=1S/C26H27NO3S/c1-30-26(29)21-11-13-23(14-12-21)27-25(28)24-17-31-16-22(24)15-18-7-9-20(10-8-18)19-5-3-2-4-6-19/h2-10,16-17,21,23H,11-15H2,1H3,(H,27,28). The molecule has 160 valence electrons. The highest BCUT2D eigenvalue weighted by atomic mass is 32.1. The molecule has 1 aromatic heterocycles.